The number of benzene rings is 1. The molecule has 0 saturated carbocycles. The molecule has 1 aromatic carbocycles. The molecule has 2 rings (SSSR count). The van der Waals surface area contributed by atoms with Crippen LogP contribution in [0.3, 0.4) is 0 Å². The molecular weight excluding hydrogens is 316 g/mol. The van der Waals surface area contributed by atoms with Crippen molar-refractivity contribution in [2.45, 2.75) is 32.1 Å². The molecule has 0 atom stereocenters. The second kappa shape index (κ2) is 5.23. The fourth-order valence-corrected chi connectivity index (χ4v) is 4.61. The second-order valence-corrected chi connectivity index (χ2v) is 8.39. The number of halogens is 1. The Morgan fingerprint density at radius 2 is 2.00 bits per heavy atom. The molecule has 0 spiro atoms. The summed E-state index contributed by atoms with van der Waals surface area (Å²) in [5.41, 5.74) is -0.0612. The molecule has 21 heavy (non-hydrogen) atoms. The molecule has 0 radical (unpaired) electrons. The predicted molar refractivity (Wildman–Crippen MR) is 80.0 cm³/mol. The molecule has 1 heterocycles. The van der Waals surface area contributed by atoms with Crippen molar-refractivity contribution in [2.75, 3.05) is 13.1 Å². The molecule has 0 N–H and O–H groups in total. The van der Waals surface area contributed by atoms with Crippen molar-refractivity contribution in [3.05, 3.63) is 32.8 Å². The molecule has 0 aromatic heterocycles. The Labute approximate surface area is 128 Å². The Kier molecular flexibility index (Phi) is 4.03. The van der Waals surface area contributed by atoms with Crippen LogP contribution in [-0.2, 0) is 10.0 Å². The lowest BCUT2D eigenvalue weighted by atomic mass is 9.93. The van der Waals surface area contributed by atoms with Gasteiger partial charge < -0.3 is 0 Å². The molecule has 0 amide bonds. The van der Waals surface area contributed by atoms with E-state index < -0.39 is 14.9 Å². The third kappa shape index (κ3) is 3.04. The summed E-state index contributed by atoms with van der Waals surface area (Å²) in [6, 6.07) is 2.38. The second-order valence-electron chi connectivity index (χ2n) is 6.08. The van der Waals surface area contributed by atoms with Gasteiger partial charge in [-0.05, 0) is 30.4 Å². The molecule has 0 aliphatic carbocycles. The number of hydrogen-bond acceptors (Lipinski definition) is 4. The van der Waals surface area contributed by atoms with Gasteiger partial charge in [0.15, 0.2) is 0 Å². The summed E-state index contributed by atoms with van der Waals surface area (Å²) >= 11 is 5.80. The van der Waals surface area contributed by atoms with Gasteiger partial charge >= 0.3 is 0 Å². The summed E-state index contributed by atoms with van der Waals surface area (Å²) in [6.07, 6.45) is 0.765. The number of rotatable bonds is 3. The van der Waals surface area contributed by atoms with Crippen molar-refractivity contribution in [1.29, 1.82) is 0 Å². The minimum Gasteiger partial charge on any atom is -0.258 e. The highest BCUT2D eigenvalue weighted by Crippen LogP contribution is 2.36. The largest absolute Gasteiger partial charge is 0.289 e. The molecule has 1 fully saturated rings. The van der Waals surface area contributed by atoms with Gasteiger partial charge in [0.1, 0.15) is 5.02 Å². The van der Waals surface area contributed by atoms with E-state index in [1.165, 1.54) is 10.4 Å². The highest BCUT2D eigenvalue weighted by atomic mass is 35.5. The third-order valence-corrected chi connectivity index (χ3v) is 5.99. The van der Waals surface area contributed by atoms with Crippen molar-refractivity contribution in [2.24, 2.45) is 5.41 Å². The predicted octanol–water partition coefficient (Wildman–Crippen LogP) is 2.98. The number of hydrogen-bond donors (Lipinski definition) is 0. The number of nitrogens with zero attached hydrogens (tertiary/aromatic N) is 2. The van der Waals surface area contributed by atoms with E-state index in [-0.39, 0.29) is 21.0 Å². The molecule has 1 aliphatic rings. The van der Waals surface area contributed by atoms with Crippen molar-refractivity contribution in [3.8, 4) is 0 Å². The van der Waals surface area contributed by atoms with Gasteiger partial charge in [-0.25, -0.2) is 8.42 Å². The first-order chi connectivity index (χ1) is 9.54. The lowest BCUT2D eigenvalue weighted by molar-refractivity contribution is -0.384. The first-order valence-corrected chi connectivity index (χ1v) is 8.31. The Bertz CT molecular complexity index is 700. The molecule has 1 aliphatic heterocycles. The monoisotopic (exact) mass is 332 g/mol. The van der Waals surface area contributed by atoms with Crippen LogP contribution in [0.1, 0.15) is 25.8 Å². The summed E-state index contributed by atoms with van der Waals surface area (Å²) in [6.45, 7) is 6.42. The summed E-state index contributed by atoms with van der Waals surface area (Å²) in [5.74, 6) is 0. The smallest absolute Gasteiger partial charge is 0.258 e. The van der Waals surface area contributed by atoms with Crippen LogP contribution in [0.5, 0.6) is 0 Å². The lowest BCUT2D eigenvalue weighted by Crippen LogP contribution is -2.31. The molecule has 1 aromatic rings. The van der Waals surface area contributed by atoms with Gasteiger partial charge in [-0.1, -0.05) is 25.4 Å². The van der Waals surface area contributed by atoms with Gasteiger partial charge in [0.2, 0.25) is 10.0 Å². The quantitative estimate of drug-likeness (QED) is 0.629. The average Bonchev–Trinajstić information content (AvgIpc) is 2.69. The summed E-state index contributed by atoms with van der Waals surface area (Å²) in [7, 11) is -3.74. The summed E-state index contributed by atoms with van der Waals surface area (Å²) < 4.78 is 26.8. The van der Waals surface area contributed by atoms with E-state index in [1.54, 1.807) is 6.92 Å². The molecule has 0 unspecified atom stereocenters. The number of nitro groups is 1. The highest BCUT2D eigenvalue weighted by Gasteiger charge is 2.38. The first-order valence-electron chi connectivity index (χ1n) is 6.49. The number of nitro benzene ring substituents is 1. The van der Waals surface area contributed by atoms with E-state index in [0.717, 1.165) is 12.5 Å². The van der Waals surface area contributed by atoms with Crippen LogP contribution in [-0.4, -0.2) is 30.7 Å². The van der Waals surface area contributed by atoms with Gasteiger partial charge in [-0.2, -0.15) is 4.31 Å². The van der Waals surface area contributed by atoms with Crippen LogP contribution in [0.15, 0.2) is 17.0 Å². The highest BCUT2D eigenvalue weighted by molar-refractivity contribution is 7.89. The minimum atomic E-state index is -3.74. The van der Waals surface area contributed by atoms with Crippen LogP contribution in [0.2, 0.25) is 5.02 Å². The molecule has 1 saturated heterocycles. The maximum absolute atomic E-state index is 12.7. The van der Waals surface area contributed by atoms with Gasteiger partial charge in [0, 0.05) is 19.2 Å². The van der Waals surface area contributed by atoms with E-state index in [0.29, 0.717) is 18.7 Å². The standard InChI is InChI=1S/C13H17ClN2O4S/c1-9-6-10(14)11(16(17)18)7-12(9)21(19,20)15-5-4-13(2,3)8-15/h6-7H,4-5,8H2,1-3H3. The Morgan fingerprint density at radius 3 is 2.48 bits per heavy atom. The summed E-state index contributed by atoms with van der Waals surface area (Å²) in [4.78, 5) is 10.2. The maximum Gasteiger partial charge on any atom is 0.289 e. The van der Waals surface area contributed by atoms with Crippen LogP contribution >= 0.6 is 11.6 Å². The third-order valence-electron chi connectivity index (χ3n) is 3.70. The molecule has 116 valence electrons. The Morgan fingerprint density at radius 1 is 1.38 bits per heavy atom. The fraction of sp³-hybridized carbons (Fsp3) is 0.538. The molecule has 8 heteroatoms. The molecular formula is C13H17ClN2O4S. The van der Waals surface area contributed by atoms with Crippen molar-refractivity contribution < 1.29 is 13.3 Å². The van der Waals surface area contributed by atoms with Crippen molar-refractivity contribution in [1.82, 2.24) is 4.31 Å². The summed E-state index contributed by atoms with van der Waals surface area (Å²) in [5, 5.41) is 10.9. The van der Waals surface area contributed by atoms with Crippen molar-refractivity contribution >= 4 is 27.3 Å². The van der Waals surface area contributed by atoms with Gasteiger partial charge in [-0.3, -0.25) is 10.1 Å². The van der Waals surface area contributed by atoms with Gasteiger partial charge in [0.05, 0.1) is 9.82 Å². The molecule has 6 nitrogen and oxygen atoms in total. The van der Waals surface area contributed by atoms with E-state index in [1.807, 2.05) is 13.8 Å². The minimum absolute atomic E-state index is 0.0451. The van der Waals surface area contributed by atoms with Crippen LogP contribution in [0, 0.1) is 22.5 Å². The maximum atomic E-state index is 12.7. The fourth-order valence-electron chi connectivity index (χ4n) is 2.47. The van der Waals surface area contributed by atoms with Crippen LogP contribution in [0.4, 0.5) is 5.69 Å². The SMILES string of the molecule is Cc1cc(Cl)c([N+](=O)[O-])cc1S(=O)(=O)N1CCC(C)(C)C1. The number of sulfonamides is 1. The van der Waals surface area contributed by atoms with E-state index in [4.69, 9.17) is 11.6 Å². The first kappa shape index (κ1) is 16.2. The normalized spacial score (nSPS) is 18.9. The lowest BCUT2D eigenvalue weighted by Gasteiger charge is -2.20. The average molecular weight is 333 g/mol. The van der Waals surface area contributed by atoms with Crippen molar-refractivity contribution in [3.63, 3.8) is 0 Å². The van der Waals surface area contributed by atoms with Crippen LogP contribution < -0.4 is 0 Å². The Hall–Kier alpha value is -1.18. The number of aryl methyl sites for hydroxylation is 1. The van der Waals surface area contributed by atoms with Gasteiger partial charge in [0.25, 0.3) is 5.69 Å². The Balaban J connectivity index is 2.51. The van der Waals surface area contributed by atoms with E-state index >= 15 is 0 Å². The van der Waals surface area contributed by atoms with E-state index in [9.17, 15) is 18.5 Å². The zero-order valence-corrected chi connectivity index (χ0v) is 13.7. The van der Waals surface area contributed by atoms with E-state index in [2.05, 4.69) is 0 Å². The molecule has 0 bridgehead atoms. The van der Waals surface area contributed by atoms with Crippen LogP contribution in [0.25, 0.3) is 0 Å². The zero-order valence-electron chi connectivity index (χ0n) is 12.1. The van der Waals surface area contributed by atoms with Gasteiger partial charge in [-0.15, -0.1) is 0 Å². The zero-order chi connectivity index (χ0) is 16.0. The topological polar surface area (TPSA) is 80.5 Å².